The Kier molecular flexibility index (Phi) is 4.43. The predicted octanol–water partition coefficient (Wildman–Crippen LogP) is 2.58. The van der Waals surface area contributed by atoms with Crippen LogP contribution in [0.5, 0.6) is 0 Å². The zero-order valence-electron chi connectivity index (χ0n) is 12.0. The molecule has 0 aliphatic carbocycles. The lowest BCUT2D eigenvalue weighted by Crippen LogP contribution is -2.16. The summed E-state index contributed by atoms with van der Waals surface area (Å²) >= 11 is 0. The molecule has 0 atom stereocenters. The number of sulfone groups is 1. The van der Waals surface area contributed by atoms with E-state index in [-0.39, 0.29) is 17.2 Å². The second-order valence-electron chi connectivity index (χ2n) is 4.98. The molecule has 1 amide bonds. The molecule has 0 fully saturated rings. The number of hydrogen-bond acceptors (Lipinski definition) is 3. The van der Waals surface area contributed by atoms with Crippen molar-refractivity contribution in [2.45, 2.75) is 18.2 Å². The summed E-state index contributed by atoms with van der Waals surface area (Å²) < 4.78 is 23.4. The molecular weight excluding hydrogens is 286 g/mol. The van der Waals surface area contributed by atoms with Crippen LogP contribution < -0.4 is 5.32 Å². The van der Waals surface area contributed by atoms with Crippen molar-refractivity contribution in [2.24, 2.45) is 0 Å². The third-order valence-corrected chi connectivity index (χ3v) is 4.20. The fraction of sp³-hybridized carbons (Fsp3) is 0.188. The van der Waals surface area contributed by atoms with Gasteiger partial charge in [0.2, 0.25) is 5.91 Å². The van der Waals surface area contributed by atoms with Gasteiger partial charge in [0.1, 0.15) is 0 Å². The normalized spacial score (nSPS) is 11.1. The highest BCUT2D eigenvalue weighted by Crippen LogP contribution is 2.20. The molecule has 0 aliphatic rings. The lowest BCUT2D eigenvalue weighted by atomic mass is 10.1. The summed E-state index contributed by atoms with van der Waals surface area (Å²) in [6.45, 7) is 1.98. The molecular formula is C16H17NO3S. The van der Waals surface area contributed by atoms with Crippen molar-refractivity contribution in [2.75, 3.05) is 11.6 Å². The number of anilines is 1. The van der Waals surface area contributed by atoms with Crippen molar-refractivity contribution in [3.8, 4) is 0 Å². The van der Waals surface area contributed by atoms with Crippen molar-refractivity contribution in [3.05, 3.63) is 59.7 Å². The second kappa shape index (κ2) is 6.10. The second-order valence-corrected chi connectivity index (χ2v) is 6.96. The smallest absolute Gasteiger partial charge is 0.228 e. The Morgan fingerprint density at radius 3 is 2.29 bits per heavy atom. The van der Waals surface area contributed by atoms with E-state index >= 15 is 0 Å². The Labute approximate surface area is 124 Å². The van der Waals surface area contributed by atoms with Crippen molar-refractivity contribution in [1.29, 1.82) is 0 Å². The summed E-state index contributed by atoms with van der Waals surface area (Å²) in [4.78, 5) is 12.2. The van der Waals surface area contributed by atoms with Gasteiger partial charge >= 0.3 is 0 Å². The highest BCUT2D eigenvalue weighted by atomic mass is 32.2. The third-order valence-electron chi connectivity index (χ3n) is 3.05. The number of carbonyl (C=O) groups excluding carboxylic acids is 1. The van der Waals surface area contributed by atoms with Gasteiger partial charge in [0.25, 0.3) is 0 Å². The first kappa shape index (κ1) is 15.3. The summed E-state index contributed by atoms with van der Waals surface area (Å²) in [6.07, 6.45) is 1.33. The molecule has 21 heavy (non-hydrogen) atoms. The maximum absolute atomic E-state index is 12.0. The quantitative estimate of drug-likeness (QED) is 0.944. The van der Waals surface area contributed by atoms with E-state index in [9.17, 15) is 13.2 Å². The molecule has 110 valence electrons. The molecule has 0 spiro atoms. The summed E-state index contributed by atoms with van der Waals surface area (Å²) in [5.41, 5.74) is 2.33. The predicted molar refractivity (Wildman–Crippen MR) is 83.1 cm³/mol. The van der Waals surface area contributed by atoms with Gasteiger partial charge in [-0.3, -0.25) is 4.79 Å². The lowest BCUT2D eigenvalue weighted by molar-refractivity contribution is -0.115. The number of carbonyl (C=O) groups is 1. The molecule has 0 saturated carbocycles. The standard InChI is InChI=1S/C16H17NO3S/c1-12-7-9-13(10-8-12)11-16(18)17-14-5-3-4-6-15(14)21(2,19)20/h3-10H,11H2,1-2H3,(H,17,18). The zero-order chi connectivity index (χ0) is 15.5. The number of amides is 1. The molecule has 0 heterocycles. The minimum atomic E-state index is -3.37. The molecule has 2 aromatic rings. The van der Waals surface area contributed by atoms with Crippen LogP contribution in [0, 0.1) is 6.92 Å². The highest BCUT2D eigenvalue weighted by molar-refractivity contribution is 7.90. The molecule has 2 aromatic carbocycles. The van der Waals surface area contributed by atoms with Crippen LogP contribution in [0.15, 0.2) is 53.4 Å². The van der Waals surface area contributed by atoms with Gasteiger partial charge in [0.05, 0.1) is 17.0 Å². The van der Waals surface area contributed by atoms with Crippen molar-refractivity contribution < 1.29 is 13.2 Å². The van der Waals surface area contributed by atoms with Gasteiger partial charge in [-0.25, -0.2) is 8.42 Å². The molecule has 5 heteroatoms. The Hall–Kier alpha value is -2.14. The van der Waals surface area contributed by atoms with Crippen molar-refractivity contribution in [3.63, 3.8) is 0 Å². The first-order valence-electron chi connectivity index (χ1n) is 6.51. The maximum Gasteiger partial charge on any atom is 0.228 e. The van der Waals surface area contributed by atoms with Gasteiger partial charge in [-0.1, -0.05) is 42.0 Å². The maximum atomic E-state index is 12.0. The fourth-order valence-electron chi connectivity index (χ4n) is 1.98. The Bertz CT molecular complexity index is 749. The van der Waals surface area contributed by atoms with Gasteiger partial charge in [-0.05, 0) is 24.6 Å². The summed E-state index contributed by atoms with van der Waals surface area (Å²) in [7, 11) is -3.37. The average Bonchev–Trinajstić information content (AvgIpc) is 2.41. The zero-order valence-corrected chi connectivity index (χ0v) is 12.8. The van der Waals surface area contributed by atoms with Crippen LogP contribution in [0.1, 0.15) is 11.1 Å². The van der Waals surface area contributed by atoms with Crippen LogP contribution in [0.4, 0.5) is 5.69 Å². The van der Waals surface area contributed by atoms with Crippen molar-refractivity contribution in [1.82, 2.24) is 0 Å². The Morgan fingerprint density at radius 1 is 1.05 bits per heavy atom. The number of nitrogens with one attached hydrogen (secondary N) is 1. The van der Waals surface area contributed by atoms with Crippen LogP contribution in [0.2, 0.25) is 0 Å². The van der Waals surface area contributed by atoms with E-state index in [1.165, 1.54) is 6.07 Å². The van der Waals surface area contributed by atoms with E-state index < -0.39 is 9.84 Å². The molecule has 0 aliphatic heterocycles. The molecule has 2 rings (SSSR count). The van der Waals surface area contributed by atoms with Crippen LogP contribution in [0.25, 0.3) is 0 Å². The highest BCUT2D eigenvalue weighted by Gasteiger charge is 2.14. The minimum Gasteiger partial charge on any atom is -0.325 e. The Morgan fingerprint density at radius 2 is 1.67 bits per heavy atom. The van der Waals surface area contributed by atoms with Crippen LogP contribution >= 0.6 is 0 Å². The summed E-state index contributed by atoms with van der Waals surface area (Å²) in [5, 5.41) is 2.66. The first-order chi connectivity index (χ1) is 9.86. The van der Waals surface area contributed by atoms with Crippen molar-refractivity contribution >= 4 is 21.4 Å². The summed E-state index contributed by atoms with van der Waals surface area (Å²) in [6, 6.07) is 14.0. The van der Waals surface area contributed by atoms with Gasteiger partial charge < -0.3 is 5.32 Å². The molecule has 0 aromatic heterocycles. The molecule has 1 N–H and O–H groups in total. The number of para-hydroxylation sites is 1. The number of hydrogen-bond donors (Lipinski definition) is 1. The van der Waals surface area contributed by atoms with Gasteiger partial charge in [-0.15, -0.1) is 0 Å². The largest absolute Gasteiger partial charge is 0.325 e. The summed E-state index contributed by atoms with van der Waals surface area (Å²) in [5.74, 6) is -0.241. The van der Waals surface area contributed by atoms with E-state index in [1.54, 1.807) is 18.2 Å². The topological polar surface area (TPSA) is 63.2 Å². The number of aryl methyl sites for hydroxylation is 1. The average molecular weight is 303 g/mol. The molecule has 0 unspecified atom stereocenters. The van der Waals surface area contributed by atoms with E-state index in [0.29, 0.717) is 5.69 Å². The van der Waals surface area contributed by atoms with Crippen LogP contribution in [-0.4, -0.2) is 20.6 Å². The third kappa shape index (κ3) is 4.16. The van der Waals surface area contributed by atoms with E-state index in [0.717, 1.165) is 17.4 Å². The minimum absolute atomic E-state index is 0.127. The SMILES string of the molecule is Cc1ccc(CC(=O)Nc2ccccc2S(C)(=O)=O)cc1. The van der Waals surface area contributed by atoms with Gasteiger partial charge in [0, 0.05) is 6.26 Å². The number of rotatable bonds is 4. The number of benzene rings is 2. The van der Waals surface area contributed by atoms with Crippen LogP contribution in [0.3, 0.4) is 0 Å². The molecule has 0 saturated heterocycles. The molecule has 0 radical (unpaired) electrons. The van der Waals surface area contributed by atoms with E-state index in [1.807, 2.05) is 31.2 Å². The lowest BCUT2D eigenvalue weighted by Gasteiger charge is -2.09. The molecule has 0 bridgehead atoms. The Balaban J connectivity index is 2.15. The van der Waals surface area contributed by atoms with Crippen LogP contribution in [-0.2, 0) is 21.1 Å². The fourth-order valence-corrected chi connectivity index (χ4v) is 2.82. The van der Waals surface area contributed by atoms with Gasteiger partial charge in [0.15, 0.2) is 9.84 Å². The monoisotopic (exact) mass is 303 g/mol. The van der Waals surface area contributed by atoms with E-state index in [4.69, 9.17) is 0 Å². The first-order valence-corrected chi connectivity index (χ1v) is 8.40. The van der Waals surface area contributed by atoms with Gasteiger partial charge in [-0.2, -0.15) is 0 Å². The van der Waals surface area contributed by atoms with E-state index in [2.05, 4.69) is 5.32 Å². The molecule has 4 nitrogen and oxygen atoms in total.